The van der Waals surface area contributed by atoms with Crippen molar-refractivity contribution in [3.05, 3.63) is 35.4 Å². The van der Waals surface area contributed by atoms with Gasteiger partial charge in [0.25, 0.3) is 0 Å². The molecule has 0 saturated carbocycles. The molecule has 0 N–H and O–H groups in total. The van der Waals surface area contributed by atoms with Crippen LogP contribution in [-0.2, 0) is 15.7 Å². The number of carbonyl (C=O) groups excluding carboxylic acids is 1. The predicted octanol–water partition coefficient (Wildman–Crippen LogP) is 3.06. The van der Waals surface area contributed by atoms with Gasteiger partial charge in [0.05, 0.1) is 11.6 Å². The van der Waals surface area contributed by atoms with Crippen LogP contribution in [0.25, 0.3) is 0 Å². The molecule has 1 fully saturated rings. The Kier molecular flexibility index (Phi) is 4.09. The molecule has 1 heterocycles. The summed E-state index contributed by atoms with van der Waals surface area (Å²) < 4.78 is 43.1. The number of nitrogens with zero attached hydrogens (tertiary/aromatic N) is 1. The lowest BCUT2D eigenvalue weighted by Gasteiger charge is -2.15. The van der Waals surface area contributed by atoms with Crippen molar-refractivity contribution in [1.29, 1.82) is 5.26 Å². The maximum atomic E-state index is 12.6. The molecule has 2 rings (SSSR count). The van der Waals surface area contributed by atoms with Gasteiger partial charge in [-0.25, -0.2) is 0 Å². The molecule has 3 nitrogen and oxygen atoms in total. The van der Waals surface area contributed by atoms with E-state index in [0.29, 0.717) is 13.0 Å². The van der Waals surface area contributed by atoms with Gasteiger partial charge in [-0.2, -0.15) is 18.4 Å². The highest BCUT2D eigenvalue weighted by molar-refractivity contribution is 5.92. The van der Waals surface area contributed by atoms with E-state index < -0.39 is 29.5 Å². The second-order valence-corrected chi connectivity index (χ2v) is 4.59. The molecule has 1 aromatic rings. The van der Waals surface area contributed by atoms with Crippen molar-refractivity contribution in [2.24, 2.45) is 0 Å². The first kappa shape index (κ1) is 14.5. The lowest BCUT2D eigenvalue weighted by atomic mass is 9.91. The minimum atomic E-state index is -4.50. The summed E-state index contributed by atoms with van der Waals surface area (Å²) in [5.41, 5.74) is -0.807. The van der Waals surface area contributed by atoms with E-state index >= 15 is 0 Å². The monoisotopic (exact) mass is 283 g/mol. The Morgan fingerprint density at radius 1 is 1.45 bits per heavy atom. The number of halogens is 3. The number of nitriles is 1. The minimum absolute atomic E-state index is 0.0582. The summed E-state index contributed by atoms with van der Waals surface area (Å²) in [6.07, 6.45) is -3.95. The molecular weight excluding hydrogens is 271 g/mol. The van der Waals surface area contributed by atoms with Gasteiger partial charge in [0.15, 0.2) is 5.78 Å². The van der Waals surface area contributed by atoms with Crippen LogP contribution in [0.15, 0.2) is 24.3 Å². The molecule has 1 saturated heterocycles. The number of benzene rings is 1. The van der Waals surface area contributed by atoms with Gasteiger partial charge in [0.2, 0.25) is 0 Å². The van der Waals surface area contributed by atoms with Crippen LogP contribution in [0.4, 0.5) is 13.2 Å². The Hall–Kier alpha value is -1.87. The average molecular weight is 283 g/mol. The first-order valence-electron chi connectivity index (χ1n) is 6.15. The lowest BCUT2D eigenvalue weighted by Crippen LogP contribution is -2.25. The van der Waals surface area contributed by atoms with E-state index in [2.05, 4.69) is 0 Å². The summed E-state index contributed by atoms with van der Waals surface area (Å²) in [7, 11) is 0. The number of rotatable bonds is 3. The Labute approximate surface area is 114 Å². The third kappa shape index (κ3) is 2.99. The van der Waals surface area contributed by atoms with Gasteiger partial charge in [0, 0.05) is 6.61 Å². The number of ketones is 1. The van der Waals surface area contributed by atoms with E-state index in [4.69, 9.17) is 10.00 Å². The molecular formula is C14H12F3NO2. The first-order valence-corrected chi connectivity index (χ1v) is 6.15. The quantitative estimate of drug-likeness (QED) is 0.856. The summed E-state index contributed by atoms with van der Waals surface area (Å²) in [5.74, 6) is -1.69. The predicted molar refractivity (Wildman–Crippen MR) is 63.8 cm³/mol. The van der Waals surface area contributed by atoms with Gasteiger partial charge in [-0.3, -0.25) is 4.79 Å². The number of hydrogen-bond donors (Lipinski definition) is 0. The van der Waals surface area contributed by atoms with Crippen molar-refractivity contribution in [2.75, 3.05) is 6.61 Å². The maximum Gasteiger partial charge on any atom is 0.416 e. The topological polar surface area (TPSA) is 50.1 Å². The zero-order chi connectivity index (χ0) is 14.8. The molecule has 0 spiro atoms. The van der Waals surface area contributed by atoms with Crippen LogP contribution in [-0.4, -0.2) is 18.5 Å². The highest BCUT2D eigenvalue weighted by Crippen LogP contribution is 2.32. The minimum Gasteiger partial charge on any atom is -0.370 e. The van der Waals surface area contributed by atoms with E-state index in [9.17, 15) is 18.0 Å². The summed E-state index contributed by atoms with van der Waals surface area (Å²) >= 11 is 0. The smallest absolute Gasteiger partial charge is 0.370 e. The van der Waals surface area contributed by atoms with Gasteiger partial charge in [-0.15, -0.1) is 0 Å². The highest BCUT2D eigenvalue weighted by Gasteiger charge is 2.34. The SMILES string of the molecule is N#CC(C(=O)C1CCCO1)c1cccc(C(F)(F)F)c1. The molecule has 0 radical (unpaired) electrons. The first-order chi connectivity index (χ1) is 9.43. The van der Waals surface area contributed by atoms with E-state index in [1.807, 2.05) is 0 Å². The van der Waals surface area contributed by atoms with Crippen LogP contribution in [0.2, 0.25) is 0 Å². The number of Topliss-reactive ketones (excluding diaryl/α,β-unsaturated/α-hetero) is 1. The van der Waals surface area contributed by atoms with E-state index in [1.54, 1.807) is 6.07 Å². The number of alkyl halides is 3. The summed E-state index contributed by atoms with van der Waals surface area (Å²) in [6, 6.07) is 6.09. The maximum absolute atomic E-state index is 12.6. The van der Waals surface area contributed by atoms with Crippen molar-refractivity contribution >= 4 is 5.78 Å². The molecule has 0 aliphatic carbocycles. The van der Waals surface area contributed by atoms with E-state index in [-0.39, 0.29) is 5.56 Å². The average Bonchev–Trinajstić information content (AvgIpc) is 2.93. The van der Waals surface area contributed by atoms with Crippen LogP contribution >= 0.6 is 0 Å². The number of carbonyl (C=O) groups is 1. The molecule has 0 bridgehead atoms. The molecule has 20 heavy (non-hydrogen) atoms. The largest absolute Gasteiger partial charge is 0.416 e. The third-order valence-electron chi connectivity index (χ3n) is 3.21. The van der Waals surface area contributed by atoms with Crippen molar-refractivity contribution in [2.45, 2.75) is 31.0 Å². The molecule has 1 aliphatic heterocycles. The molecule has 6 heteroatoms. The van der Waals surface area contributed by atoms with Gasteiger partial charge >= 0.3 is 6.18 Å². The Balaban J connectivity index is 2.28. The molecule has 1 aromatic carbocycles. The van der Waals surface area contributed by atoms with E-state index in [1.165, 1.54) is 12.1 Å². The zero-order valence-electron chi connectivity index (χ0n) is 10.5. The fourth-order valence-corrected chi connectivity index (χ4v) is 2.18. The van der Waals surface area contributed by atoms with Crippen LogP contribution in [0, 0.1) is 11.3 Å². The zero-order valence-corrected chi connectivity index (χ0v) is 10.5. The fourth-order valence-electron chi connectivity index (χ4n) is 2.18. The molecule has 1 aliphatic rings. The third-order valence-corrected chi connectivity index (χ3v) is 3.21. The van der Waals surface area contributed by atoms with Crippen molar-refractivity contribution in [3.8, 4) is 6.07 Å². The fraction of sp³-hybridized carbons (Fsp3) is 0.429. The lowest BCUT2D eigenvalue weighted by molar-refractivity contribution is -0.137. The van der Waals surface area contributed by atoms with Crippen LogP contribution < -0.4 is 0 Å². The standard InChI is InChI=1S/C14H12F3NO2/c15-14(16,17)10-4-1-3-9(7-10)11(8-18)13(19)12-5-2-6-20-12/h1,3-4,7,11-12H,2,5-6H2. The Morgan fingerprint density at radius 3 is 2.75 bits per heavy atom. The van der Waals surface area contributed by atoms with Crippen molar-refractivity contribution < 1.29 is 22.7 Å². The highest BCUT2D eigenvalue weighted by atomic mass is 19.4. The van der Waals surface area contributed by atoms with Gasteiger partial charge in [-0.1, -0.05) is 18.2 Å². The molecule has 0 amide bonds. The molecule has 0 aromatic heterocycles. The normalized spacial score (nSPS) is 20.4. The van der Waals surface area contributed by atoms with Crippen molar-refractivity contribution in [1.82, 2.24) is 0 Å². The summed E-state index contributed by atoms with van der Waals surface area (Å²) in [5, 5.41) is 9.10. The van der Waals surface area contributed by atoms with Crippen LogP contribution in [0.5, 0.6) is 0 Å². The summed E-state index contributed by atoms with van der Waals surface area (Å²) in [4.78, 5) is 12.1. The van der Waals surface area contributed by atoms with Gasteiger partial charge in [-0.05, 0) is 24.5 Å². The van der Waals surface area contributed by atoms with Gasteiger partial charge in [0.1, 0.15) is 12.0 Å². The van der Waals surface area contributed by atoms with Gasteiger partial charge < -0.3 is 4.74 Å². The second kappa shape index (κ2) is 5.63. The van der Waals surface area contributed by atoms with Crippen molar-refractivity contribution in [3.63, 3.8) is 0 Å². The van der Waals surface area contributed by atoms with E-state index in [0.717, 1.165) is 18.6 Å². The summed E-state index contributed by atoms with van der Waals surface area (Å²) in [6.45, 7) is 0.442. The molecule has 106 valence electrons. The number of hydrogen-bond acceptors (Lipinski definition) is 3. The Bertz CT molecular complexity index is 542. The second-order valence-electron chi connectivity index (χ2n) is 4.59. The number of ether oxygens (including phenoxy) is 1. The van der Waals surface area contributed by atoms with Crippen LogP contribution in [0.3, 0.4) is 0 Å². The molecule has 2 unspecified atom stereocenters. The van der Waals surface area contributed by atoms with Crippen LogP contribution in [0.1, 0.15) is 29.9 Å². The molecule has 2 atom stereocenters. The Morgan fingerprint density at radius 2 is 2.20 bits per heavy atom.